The molecule has 0 spiro atoms. The van der Waals surface area contributed by atoms with Gasteiger partial charge in [-0.2, -0.15) is 0 Å². The maximum absolute atomic E-state index is 13.6. The van der Waals surface area contributed by atoms with Crippen LogP contribution in [0.2, 0.25) is 0 Å². The molecule has 0 aliphatic carbocycles. The summed E-state index contributed by atoms with van der Waals surface area (Å²) in [4.78, 5) is 65.6. The van der Waals surface area contributed by atoms with Crippen molar-refractivity contribution in [2.24, 2.45) is 0 Å². The van der Waals surface area contributed by atoms with E-state index in [2.05, 4.69) is 5.32 Å². The van der Waals surface area contributed by atoms with Crippen molar-refractivity contribution in [3.8, 4) is 0 Å². The van der Waals surface area contributed by atoms with E-state index in [0.717, 1.165) is 0 Å². The van der Waals surface area contributed by atoms with Crippen molar-refractivity contribution in [3.05, 3.63) is 35.9 Å². The summed E-state index contributed by atoms with van der Waals surface area (Å²) in [6.45, 7) is 6.23. The molecule has 2 atom stereocenters. The average Bonchev–Trinajstić information content (AvgIpc) is 3.35. The summed E-state index contributed by atoms with van der Waals surface area (Å²) in [5.41, 5.74) is -1.07. The predicted octanol–water partition coefficient (Wildman–Crippen LogP) is 2.38. The molecule has 3 rings (SSSR count). The zero-order valence-corrected chi connectivity index (χ0v) is 22.1. The Labute approximate surface area is 222 Å². The molecule has 0 radical (unpaired) electrons. The van der Waals surface area contributed by atoms with E-state index in [4.69, 9.17) is 9.84 Å². The number of nitrogens with one attached hydrogen (secondary N) is 1. The minimum atomic E-state index is -1.35. The van der Waals surface area contributed by atoms with Crippen LogP contribution in [0.1, 0.15) is 64.9 Å². The zero-order chi connectivity index (χ0) is 28.1. The third-order valence-corrected chi connectivity index (χ3v) is 7.11. The van der Waals surface area contributed by atoms with Crippen LogP contribution in [-0.4, -0.2) is 87.2 Å². The van der Waals surface area contributed by atoms with Crippen molar-refractivity contribution in [1.29, 1.82) is 0 Å². The van der Waals surface area contributed by atoms with Gasteiger partial charge >= 0.3 is 18.0 Å². The molecule has 3 amide bonds. The first kappa shape index (κ1) is 28.9. The number of aliphatic carboxylic acids is 2. The molecule has 0 unspecified atom stereocenters. The van der Waals surface area contributed by atoms with Gasteiger partial charge in [0.2, 0.25) is 11.8 Å². The Bertz CT molecular complexity index is 1040. The van der Waals surface area contributed by atoms with Gasteiger partial charge in [0.25, 0.3) is 0 Å². The fraction of sp³-hybridized carbons (Fsp3) is 0.593. The largest absolute Gasteiger partial charge is 0.481 e. The molecule has 1 aromatic carbocycles. The van der Waals surface area contributed by atoms with Crippen LogP contribution in [0.25, 0.3) is 0 Å². The van der Waals surface area contributed by atoms with Gasteiger partial charge in [0.15, 0.2) is 0 Å². The molecule has 208 valence electrons. The second-order valence-electron chi connectivity index (χ2n) is 10.9. The van der Waals surface area contributed by atoms with Crippen LogP contribution in [0, 0.1) is 0 Å². The molecule has 0 saturated carbocycles. The minimum absolute atomic E-state index is 0.194. The number of benzene rings is 1. The van der Waals surface area contributed by atoms with Crippen molar-refractivity contribution in [3.63, 3.8) is 0 Å². The lowest BCUT2D eigenvalue weighted by Crippen LogP contribution is -2.57. The summed E-state index contributed by atoms with van der Waals surface area (Å²) in [7, 11) is 0. The Morgan fingerprint density at radius 1 is 1.05 bits per heavy atom. The first-order valence-electron chi connectivity index (χ1n) is 12.9. The highest BCUT2D eigenvalue weighted by molar-refractivity contribution is 5.92. The van der Waals surface area contributed by atoms with Crippen molar-refractivity contribution >= 4 is 29.8 Å². The number of hydrogen-bond acceptors (Lipinski definition) is 6. The van der Waals surface area contributed by atoms with Gasteiger partial charge in [-0.05, 0) is 58.4 Å². The zero-order valence-electron chi connectivity index (χ0n) is 22.1. The normalized spacial score (nSPS) is 19.9. The Balaban J connectivity index is 1.76. The van der Waals surface area contributed by atoms with Crippen molar-refractivity contribution < 1.29 is 38.9 Å². The molecule has 0 aromatic heterocycles. The first-order chi connectivity index (χ1) is 17.8. The number of piperidine rings is 1. The van der Waals surface area contributed by atoms with Crippen molar-refractivity contribution in [2.75, 3.05) is 19.6 Å². The van der Waals surface area contributed by atoms with Crippen molar-refractivity contribution in [2.45, 2.75) is 82.4 Å². The Hall–Kier alpha value is -3.63. The van der Waals surface area contributed by atoms with Crippen LogP contribution < -0.4 is 5.32 Å². The summed E-state index contributed by atoms with van der Waals surface area (Å²) in [6, 6.07) is 7.01. The molecular weight excluding hydrogens is 494 g/mol. The van der Waals surface area contributed by atoms with Crippen LogP contribution in [0.3, 0.4) is 0 Å². The molecule has 2 saturated heterocycles. The number of ether oxygens (including phenoxy) is 1. The highest BCUT2D eigenvalue weighted by Gasteiger charge is 2.47. The smallest absolute Gasteiger partial charge is 0.410 e. The lowest BCUT2D eigenvalue weighted by molar-refractivity contribution is -0.145. The van der Waals surface area contributed by atoms with Gasteiger partial charge in [-0.1, -0.05) is 30.3 Å². The van der Waals surface area contributed by atoms with Gasteiger partial charge in [-0.25, -0.2) is 9.59 Å². The van der Waals surface area contributed by atoms with E-state index >= 15 is 0 Å². The molecule has 0 bridgehead atoms. The molecule has 3 N–H and O–H groups in total. The molecule has 38 heavy (non-hydrogen) atoms. The van der Waals surface area contributed by atoms with E-state index < -0.39 is 53.5 Å². The number of carboxylic acid groups (broad SMARTS) is 2. The van der Waals surface area contributed by atoms with Gasteiger partial charge in [0, 0.05) is 26.1 Å². The second-order valence-corrected chi connectivity index (χ2v) is 10.9. The third kappa shape index (κ3) is 6.81. The number of nitrogens with zero attached hydrogens (tertiary/aromatic N) is 2. The van der Waals surface area contributed by atoms with Crippen LogP contribution in [0.5, 0.6) is 0 Å². The average molecular weight is 532 g/mol. The number of hydrogen-bond donors (Lipinski definition) is 3. The Kier molecular flexibility index (Phi) is 9.01. The summed E-state index contributed by atoms with van der Waals surface area (Å²) in [5.74, 6) is -3.16. The quantitative estimate of drug-likeness (QED) is 0.462. The second kappa shape index (κ2) is 11.8. The van der Waals surface area contributed by atoms with Gasteiger partial charge in [-0.15, -0.1) is 0 Å². The Morgan fingerprint density at radius 2 is 1.68 bits per heavy atom. The summed E-state index contributed by atoms with van der Waals surface area (Å²) < 4.78 is 5.48. The maximum atomic E-state index is 13.6. The number of likely N-dealkylation sites (tertiary alicyclic amines) is 2. The van der Waals surface area contributed by atoms with Gasteiger partial charge in [0.1, 0.15) is 17.7 Å². The van der Waals surface area contributed by atoms with E-state index in [0.29, 0.717) is 24.9 Å². The molecule has 1 aromatic rings. The van der Waals surface area contributed by atoms with Crippen LogP contribution >= 0.6 is 0 Å². The molecule has 11 heteroatoms. The predicted molar refractivity (Wildman–Crippen MR) is 136 cm³/mol. The van der Waals surface area contributed by atoms with E-state index in [1.165, 1.54) is 4.90 Å². The fourth-order valence-electron chi connectivity index (χ4n) is 5.11. The van der Waals surface area contributed by atoms with E-state index in [1.807, 2.05) is 6.07 Å². The SMILES string of the molecule is CC(C)(C)OC(=O)N1CCC[C@H]1C(=O)N1CCC(C(=O)N[C@@H](CCC(=O)O)C(=O)O)(c2ccccc2)CC1. The molecule has 2 fully saturated rings. The van der Waals surface area contributed by atoms with Crippen molar-refractivity contribution in [1.82, 2.24) is 15.1 Å². The van der Waals surface area contributed by atoms with E-state index in [1.54, 1.807) is 49.9 Å². The first-order valence-corrected chi connectivity index (χ1v) is 12.9. The molecule has 11 nitrogen and oxygen atoms in total. The monoisotopic (exact) mass is 531 g/mol. The molecular formula is C27H37N3O8. The Morgan fingerprint density at radius 3 is 2.24 bits per heavy atom. The van der Waals surface area contributed by atoms with Crippen LogP contribution in [-0.2, 0) is 29.3 Å². The fourth-order valence-corrected chi connectivity index (χ4v) is 5.11. The summed E-state index contributed by atoms with van der Waals surface area (Å²) >= 11 is 0. The highest BCUT2D eigenvalue weighted by atomic mass is 16.6. The minimum Gasteiger partial charge on any atom is -0.481 e. The summed E-state index contributed by atoms with van der Waals surface area (Å²) in [5, 5.41) is 21.1. The van der Waals surface area contributed by atoms with E-state index in [-0.39, 0.29) is 38.3 Å². The molecule has 2 heterocycles. The lowest BCUT2D eigenvalue weighted by Gasteiger charge is -2.42. The maximum Gasteiger partial charge on any atom is 0.410 e. The number of carbonyl (C=O) groups excluding carboxylic acids is 3. The highest BCUT2D eigenvalue weighted by Crippen LogP contribution is 2.37. The number of rotatable bonds is 8. The number of carboxylic acids is 2. The molecule has 2 aliphatic heterocycles. The van der Waals surface area contributed by atoms with Gasteiger partial charge < -0.3 is 25.2 Å². The van der Waals surface area contributed by atoms with Crippen LogP contribution in [0.4, 0.5) is 4.79 Å². The topological polar surface area (TPSA) is 154 Å². The summed E-state index contributed by atoms with van der Waals surface area (Å²) in [6.07, 6.45) is 0.555. The molecule has 2 aliphatic rings. The van der Waals surface area contributed by atoms with E-state index in [9.17, 15) is 29.1 Å². The van der Waals surface area contributed by atoms with Crippen LogP contribution in [0.15, 0.2) is 30.3 Å². The standard InChI is InChI=1S/C27H37N3O8/c1-26(2,3)38-25(37)30-15-7-10-20(30)22(33)29-16-13-27(14-17-29,18-8-5-4-6-9-18)24(36)28-19(23(34)35)11-12-21(31)32/h4-6,8-9,19-20H,7,10-17H2,1-3H3,(H,28,36)(H,31,32)(H,34,35)/t19-,20-/m0/s1. The van der Waals surface area contributed by atoms with Gasteiger partial charge in [0.05, 0.1) is 5.41 Å². The lowest BCUT2D eigenvalue weighted by atomic mass is 9.71. The number of amides is 3. The van der Waals surface area contributed by atoms with Gasteiger partial charge in [-0.3, -0.25) is 19.3 Å². The third-order valence-electron chi connectivity index (χ3n) is 7.11. The number of carbonyl (C=O) groups is 5.